The molecule has 0 bridgehead atoms. The quantitative estimate of drug-likeness (QED) is 0.901. The molecular formula is C17H27NO2. The average molecular weight is 283 g/mol. The molecule has 112 valence electrons. The van der Waals surface area contributed by atoms with Crippen molar-refractivity contribution in [1.29, 1.82) is 0 Å². The van der Waals surface area contributed by atoms with Gasteiger partial charge in [0.05, 0.1) is 18.2 Å². The molecule has 20 heavy (non-hydrogen) atoms. The topological polar surface area (TPSA) is 32.7 Å². The number of hydrogen-bond acceptors (Lipinski definition) is 3. The van der Waals surface area contributed by atoms with Gasteiger partial charge in [-0.05, 0) is 44.6 Å². The molecule has 1 unspecified atom stereocenters. The Morgan fingerprint density at radius 3 is 2.40 bits per heavy atom. The van der Waals surface area contributed by atoms with E-state index >= 15 is 0 Å². The second kappa shape index (κ2) is 6.59. The lowest BCUT2D eigenvalue weighted by molar-refractivity contribution is -0.0277. The molecule has 1 fully saturated rings. The molecule has 0 aromatic heterocycles. The number of hydrogen-bond donors (Lipinski definition) is 1. The number of benzene rings is 1. The van der Waals surface area contributed by atoms with Crippen LogP contribution < -0.4 is 4.74 Å². The van der Waals surface area contributed by atoms with Gasteiger partial charge in [-0.3, -0.25) is 0 Å². The van der Waals surface area contributed by atoms with Crippen molar-refractivity contribution < 1.29 is 18.1 Å². The number of aliphatic hydroxyl groups is 1. The molecule has 0 spiro atoms. The van der Waals surface area contributed by atoms with Gasteiger partial charge in [-0.2, -0.15) is 0 Å². The van der Waals surface area contributed by atoms with E-state index in [0.29, 0.717) is 12.8 Å². The SMILES string of the molecule is [2H]c1c([2H])c(C(C2(O)CCCCC2)C([2H])([2H])N(C)C)c([2H])c([2H])c1OC. The highest BCUT2D eigenvalue weighted by atomic mass is 16.5. The van der Waals surface area contributed by atoms with E-state index in [1.807, 2.05) is 0 Å². The number of rotatable bonds is 5. The summed E-state index contributed by atoms with van der Waals surface area (Å²) in [5.41, 5.74) is -1.53. The lowest BCUT2D eigenvalue weighted by atomic mass is 9.72. The molecule has 0 saturated heterocycles. The molecule has 3 heteroatoms. The van der Waals surface area contributed by atoms with Crippen LogP contribution in [0.1, 0.15) is 51.8 Å². The van der Waals surface area contributed by atoms with Crippen molar-refractivity contribution in [2.45, 2.75) is 43.6 Å². The Hall–Kier alpha value is -1.06. The van der Waals surface area contributed by atoms with Crippen LogP contribution in [0.5, 0.6) is 5.75 Å². The molecule has 1 aromatic rings. The normalized spacial score (nSPS) is 24.9. The lowest BCUT2D eigenvalue weighted by Crippen LogP contribution is -2.42. The second-order valence-corrected chi connectivity index (χ2v) is 5.57. The standard InChI is InChI=1S/C17H27NO2/c1-18(2)13-16(17(19)11-5-4-6-12-17)14-7-9-15(20-3)10-8-14/h7-10,16,19H,4-6,11-13H2,1-3H3/i7D,8D,9D,10D,13D2. The molecule has 1 aliphatic carbocycles. The van der Waals surface area contributed by atoms with Crippen LogP contribution in [0.4, 0.5) is 0 Å². The van der Waals surface area contributed by atoms with Gasteiger partial charge in [-0.15, -0.1) is 0 Å². The third kappa shape index (κ3) is 3.53. The zero-order valence-electron chi connectivity index (χ0n) is 18.4. The van der Waals surface area contributed by atoms with Crippen LogP contribution in [0, 0.1) is 0 Å². The monoisotopic (exact) mass is 283 g/mol. The lowest BCUT2D eigenvalue weighted by Gasteiger charge is -2.40. The molecule has 0 aliphatic heterocycles. The predicted molar refractivity (Wildman–Crippen MR) is 82.3 cm³/mol. The number of likely N-dealkylation sites (N-methyl/N-ethyl adjacent to an activating group) is 1. The van der Waals surface area contributed by atoms with Crippen molar-refractivity contribution >= 4 is 0 Å². The molecule has 0 radical (unpaired) electrons. The van der Waals surface area contributed by atoms with Crippen molar-refractivity contribution in [2.24, 2.45) is 0 Å². The van der Waals surface area contributed by atoms with E-state index in [9.17, 15) is 5.11 Å². The Morgan fingerprint density at radius 2 is 1.90 bits per heavy atom. The van der Waals surface area contributed by atoms with Gasteiger partial charge in [-0.25, -0.2) is 0 Å². The van der Waals surface area contributed by atoms with Gasteiger partial charge in [0.25, 0.3) is 0 Å². The first-order valence-electron chi connectivity index (χ1n) is 10.0. The summed E-state index contributed by atoms with van der Waals surface area (Å²) in [4.78, 5) is 1.32. The molecular weight excluding hydrogens is 250 g/mol. The van der Waals surface area contributed by atoms with Gasteiger partial charge in [0.2, 0.25) is 0 Å². The van der Waals surface area contributed by atoms with E-state index in [0.717, 1.165) is 19.3 Å². The Labute approximate surface area is 131 Å². The summed E-state index contributed by atoms with van der Waals surface area (Å²) in [6.45, 7) is -2.06. The summed E-state index contributed by atoms with van der Waals surface area (Å²) in [5.74, 6) is -1.40. The first kappa shape index (κ1) is 9.06. The summed E-state index contributed by atoms with van der Waals surface area (Å²) in [6, 6.07) is -1.44. The van der Waals surface area contributed by atoms with E-state index < -0.39 is 18.0 Å². The fraction of sp³-hybridized carbons (Fsp3) is 0.647. The number of methoxy groups -OCH3 is 1. The molecule has 3 nitrogen and oxygen atoms in total. The summed E-state index contributed by atoms with van der Waals surface area (Å²) in [7, 11) is 4.35. The molecule has 1 aromatic carbocycles. The van der Waals surface area contributed by atoms with Crippen molar-refractivity contribution in [1.82, 2.24) is 4.90 Å². The van der Waals surface area contributed by atoms with Crippen LogP contribution in [0.15, 0.2) is 24.2 Å². The van der Waals surface area contributed by atoms with Crippen LogP contribution in [0.25, 0.3) is 0 Å². The molecule has 1 atom stereocenters. The highest BCUT2D eigenvalue weighted by molar-refractivity contribution is 5.31. The third-order valence-electron chi connectivity index (χ3n) is 3.76. The molecule has 1 saturated carbocycles. The van der Waals surface area contributed by atoms with Crippen molar-refractivity contribution in [3.8, 4) is 5.75 Å². The van der Waals surface area contributed by atoms with Crippen LogP contribution in [0.3, 0.4) is 0 Å². The van der Waals surface area contributed by atoms with Gasteiger partial charge in [0, 0.05) is 15.2 Å². The van der Waals surface area contributed by atoms with E-state index in [4.69, 9.17) is 13.0 Å². The molecule has 1 aliphatic rings. The summed E-state index contributed by atoms with van der Waals surface area (Å²) in [5, 5.41) is 11.3. The van der Waals surface area contributed by atoms with Gasteiger partial charge < -0.3 is 14.7 Å². The second-order valence-electron chi connectivity index (χ2n) is 5.57. The largest absolute Gasteiger partial charge is 0.497 e. The van der Waals surface area contributed by atoms with Crippen LogP contribution >= 0.6 is 0 Å². The Balaban J connectivity index is 2.79. The Kier molecular flexibility index (Phi) is 2.99. The highest BCUT2D eigenvalue weighted by Crippen LogP contribution is 2.40. The minimum Gasteiger partial charge on any atom is -0.497 e. The van der Waals surface area contributed by atoms with Crippen molar-refractivity contribution in [3.63, 3.8) is 0 Å². The number of ether oxygens (including phenoxy) is 1. The van der Waals surface area contributed by atoms with Gasteiger partial charge >= 0.3 is 0 Å². The van der Waals surface area contributed by atoms with Crippen molar-refractivity contribution in [2.75, 3.05) is 27.7 Å². The molecule has 0 heterocycles. The predicted octanol–water partition coefficient (Wildman–Crippen LogP) is 3.04. The summed E-state index contributed by atoms with van der Waals surface area (Å²) in [6.07, 6.45) is 3.12. The maximum Gasteiger partial charge on any atom is 0.118 e. The van der Waals surface area contributed by atoms with E-state index in [-0.39, 0.29) is 35.5 Å². The summed E-state index contributed by atoms with van der Waals surface area (Å²) >= 11 is 0. The fourth-order valence-electron chi connectivity index (χ4n) is 2.72. The van der Waals surface area contributed by atoms with E-state index in [1.54, 1.807) is 14.1 Å². The first-order valence-corrected chi connectivity index (χ1v) is 7.03. The fourth-order valence-corrected chi connectivity index (χ4v) is 2.72. The summed E-state index contributed by atoms with van der Waals surface area (Å²) < 4.78 is 55.1. The first-order chi connectivity index (χ1) is 12.0. The average Bonchev–Trinajstić information content (AvgIpc) is 2.57. The molecule has 1 N–H and O–H groups in total. The van der Waals surface area contributed by atoms with E-state index in [1.165, 1.54) is 12.0 Å². The minimum atomic E-state index is -2.06. The zero-order valence-corrected chi connectivity index (χ0v) is 12.4. The smallest absolute Gasteiger partial charge is 0.118 e. The number of nitrogens with zero attached hydrogens (tertiary/aromatic N) is 1. The van der Waals surface area contributed by atoms with Gasteiger partial charge in [0.15, 0.2) is 0 Å². The van der Waals surface area contributed by atoms with Crippen LogP contribution in [-0.4, -0.2) is 43.3 Å². The van der Waals surface area contributed by atoms with Gasteiger partial charge in [0.1, 0.15) is 5.75 Å². The minimum absolute atomic E-state index is 0.0936. The highest BCUT2D eigenvalue weighted by Gasteiger charge is 2.38. The van der Waals surface area contributed by atoms with Crippen LogP contribution in [0.2, 0.25) is 0 Å². The maximum absolute atomic E-state index is 11.3. The Morgan fingerprint density at radius 1 is 1.30 bits per heavy atom. The van der Waals surface area contributed by atoms with E-state index in [2.05, 4.69) is 0 Å². The maximum atomic E-state index is 11.3. The van der Waals surface area contributed by atoms with Crippen LogP contribution in [-0.2, 0) is 0 Å². The Bertz CT molecular complexity index is 645. The molecule has 0 amide bonds. The third-order valence-corrected chi connectivity index (χ3v) is 3.76. The van der Waals surface area contributed by atoms with Gasteiger partial charge in [-0.1, -0.05) is 31.3 Å². The molecule has 2 rings (SSSR count). The zero-order chi connectivity index (χ0) is 19.9. The van der Waals surface area contributed by atoms with Crippen molar-refractivity contribution in [3.05, 3.63) is 29.7 Å².